The normalized spacial score (nSPS) is 34.8. The van der Waals surface area contributed by atoms with Crippen LogP contribution in [0.1, 0.15) is 25.7 Å². The molecule has 0 aliphatic carbocycles. The molecule has 0 aromatic rings. The van der Waals surface area contributed by atoms with Gasteiger partial charge in [-0.3, -0.25) is 0 Å². The Morgan fingerprint density at radius 1 is 1.20 bits per heavy atom. The topological polar surface area (TPSA) is 44.5 Å². The molecule has 3 N–H and O–H groups in total. The van der Waals surface area contributed by atoms with Crippen molar-refractivity contribution in [3.05, 3.63) is 0 Å². The van der Waals surface area contributed by atoms with Gasteiger partial charge in [-0.05, 0) is 32.9 Å². The number of hydrogen-bond acceptors (Lipinski definition) is 4. The number of piperidine rings is 1. The highest BCUT2D eigenvalue weighted by molar-refractivity contribution is 4.96. The van der Waals surface area contributed by atoms with Gasteiger partial charge in [-0.2, -0.15) is 0 Å². The largest absolute Gasteiger partial charge is 0.329 e. The van der Waals surface area contributed by atoms with Crippen LogP contribution in [-0.4, -0.2) is 55.2 Å². The molecule has 2 fully saturated rings. The Bertz CT molecular complexity index is 203. The fourth-order valence-electron chi connectivity index (χ4n) is 2.72. The fourth-order valence-corrected chi connectivity index (χ4v) is 2.72. The van der Waals surface area contributed by atoms with Gasteiger partial charge in [-0.1, -0.05) is 6.42 Å². The molecule has 2 rings (SSSR count). The lowest BCUT2D eigenvalue weighted by molar-refractivity contribution is 0.0869. The summed E-state index contributed by atoms with van der Waals surface area (Å²) in [7, 11) is 2.18. The first kappa shape index (κ1) is 11.3. The molecule has 0 amide bonds. The van der Waals surface area contributed by atoms with Gasteiger partial charge in [0.25, 0.3) is 0 Å². The van der Waals surface area contributed by atoms with Gasteiger partial charge in [0.1, 0.15) is 0 Å². The summed E-state index contributed by atoms with van der Waals surface area (Å²) in [6.45, 7) is 5.36. The minimum atomic E-state index is 0.145. The van der Waals surface area contributed by atoms with Crippen LogP contribution in [-0.2, 0) is 0 Å². The maximum Gasteiger partial charge on any atom is 0.0586 e. The molecule has 2 aliphatic heterocycles. The van der Waals surface area contributed by atoms with Gasteiger partial charge in [0.05, 0.1) is 5.54 Å². The van der Waals surface area contributed by atoms with Gasteiger partial charge in [-0.15, -0.1) is 0 Å². The second-order valence-corrected chi connectivity index (χ2v) is 5.13. The van der Waals surface area contributed by atoms with Gasteiger partial charge in [0.2, 0.25) is 0 Å². The number of hydrogen-bond donors (Lipinski definition) is 2. The van der Waals surface area contributed by atoms with E-state index < -0.39 is 0 Å². The maximum atomic E-state index is 5.93. The third kappa shape index (κ3) is 2.69. The molecule has 0 saturated carbocycles. The third-order valence-electron chi connectivity index (χ3n) is 3.69. The van der Waals surface area contributed by atoms with Gasteiger partial charge in [0.15, 0.2) is 0 Å². The second kappa shape index (κ2) is 4.78. The van der Waals surface area contributed by atoms with E-state index in [1.807, 2.05) is 0 Å². The number of hydrazine groups is 1. The lowest BCUT2D eigenvalue weighted by atomic mass is 10.00. The molecule has 0 radical (unpaired) electrons. The fraction of sp³-hybridized carbons (Fsp3) is 1.00. The van der Waals surface area contributed by atoms with Crippen molar-refractivity contribution >= 4 is 0 Å². The van der Waals surface area contributed by atoms with E-state index in [9.17, 15) is 0 Å². The number of likely N-dealkylation sites (N-methyl/N-ethyl adjacent to an activating group) is 1. The third-order valence-corrected chi connectivity index (χ3v) is 3.69. The summed E-state index contributed by atoms with van der Waals surface area (Å²) < 4.78 is 0. The van der Waals surface area contributed by atoms with E-state index in [1.165, 1.54) is 38.8 Å². The summed E-state index contributed by atoms with van der Waals surface area (Å²) in [5.41, 5.74) is 9.76. The van der Waals surface area contributed by atoms with E-state index in [4.69, 9.17) is 5.73 Å². The molecule has 4 heteroatoms. The van der Waals surface area contributed by atoms with Crippen LogP contribution in [0.15, 0.2) is 0 Å². The van der Waals surface area contributed by atoms with Crippen molar-refractivity contribution in [3.8, 4) is 0 Å². The Morgan fingerprint density at radius 3 is 2.47 bits per heavy atom. The molecule has 15 heavy (non-hydrogen) atoms. The Labute approximate surface area is 92.8 Å². The molecule has 0 spiro atoms. The van der Waals surface area contributed by atoms with Crippen molar-refractivity contribution in [3.63, 3.8) is 0 Å². The molecule has 1 atom stereocenters. The summed E-state index contributed by atoms with van der Waals surface area (Å²) >= 11 is 0. The summed E-state index contributed by atoms with van der Waals surface area (Å²) in [4.78, 5) is 2.36. The first-order valence-electron chi connectivity index (χ1n) is 6.15. The lowest BCUT2D eigenvalue weighted by Crippen LogP contribution is -2.60. The van der Waals surface area contributed by atoms with Gasteiger partial charge in [-0.25, -0.2) is 10.4 Å². The minimum absolute atomic E-state index is 0.145. The Balaban J connectivity index is 1.89. The monoisotopic (exact) mass is 212 g/mol. The molecule has 4 nitrogen and oxygen atoms in total. The molecule has 0 bridgehead atoms. The summed E-state index contributed by atoms with van der Waals surface area (Å²) in [5, 5.41) is 2.38. The summed E-state index contributed by atoms with van der Waals surface area (Å²) in [6, 6.07) is 0. The SMILES string of the molecule is CN1CCC(CN)(NN2CCCCC2)C1. The highest BCUT2D eigenvalue weighted by Crippen LogP contribution is 2.20. The summed E-state index contributed by atoms with van der Waals surface area (Å²) in [6.07, 6.45) is 5.21. The molecule has 88 valence electrons. The maximum absolute atomic E-state index is 5.93. The highest BCUT2D eigenvalue weighted by atomic mass is 15.5. The molecule has 2 saturated heterocycles. The van der Waals surface area contributed by atoms with E-state index in [0.717, 1.165) is 19.6 Å². The van der Waals surface area contributed by atoms with E-state index >= 15 is 0 Å². The van der Waals surface area contributed by atoms with E-state index in [2.05, 4.69) is 22.4 Å². The zero-order valence-electron chi connectivity index (χ0n) is 9.84. The zero-order valence-corrected chi connectivity index (χ0v) is 9.84. The van der Waals surface area contributed by atoms with Crippen molar-refractivity contribution in [1.82, 2.24) is 15.3 Å². The predicted molar refractivity (Wildman–Crippen MR) is 62.5 cm³/mol. The number of nitrogens with two attached hydrogens (primary N) is 1. The van der Waals surface area contributed by atoms with Crippen LogP contribution >= 0.6 is 0 Å². The average Bonchev–Trinajstić information content (AvgIpc) is 2.62. The first-order chi connectivity index (χ1) is 7.24. The number of rotatable bonds is 3. The van der Waals surface area contributed by atoms with Gasteiger partial charge >= 0.3 is 0 Å². The average molecular weight is 212 g/mol. The molecule has 0 aromatic heterocycles. The molecule has 1 unspecified atom stereocenters. The molecule has 2 aliphatic rings. The van der Waals surface area contributed by atoms with Crippen molar-refractivity contribution in [1.29, 1.82) is 0 Å². The van der Waals surface area contributed by atoms with Crippen LogP contribution in [0.25, 0.3) is 0 Å². The number of nitrogens with one attached hydrogen (secondary N) is 1. The number of nitrogens with zero attached hydrogens (tertiary/aromatic N) is 2. The molecular formula is C11H24N4. The predicted octanol–water partition coefficient (Wildman–Crippen LogP) is 0.00990. The van der Waals surface area contributed by atoms with E-state index in [1.54, 1.807) is 0 Å². The van der Waals surface area contributed by atoms with Crippen LogP contribution in [0.2, 0.25) is 0 Å². The zero-order chi connectivity index (χ0) is 10.7. The Kier molecular flexibility index (Phi) is 3.61. The highest BCUT2D eigenvalue weighted by Gasteiger charge is 2.36. The molecule has 2 heterocycles. The Hall–Kier alpha value is -0.160. The lowest BCUT2D eigenvalue weighted by Gasteiger charge is -2.37. The van der Waals surface area contributed by atoms with Crippen LogP contribution in [0.3, 0.4) is 0 Å². The molecule has 0 aromatic carbocycles. The standard InChI is InChI=1S/C11H24N4/c1-14-8-5-11(9-12,10-14)13-15-6-3-2-4-7-15/h13H,2-10,12H2,1H3. The first-order valence-corrected chi connectivity index (χ1v) is 6.15. The van der Waals surface area contributed by atoms with Crippen molar-refractivity contribution in [2.75, 3.05) is 39.8 Å². The van der Waals surface area contributed by atoms with Crippen LogP contribution in [0.4, 0.5) is 0 Å². The van der Waals surface area contributed by atoms with Crippen LogP contribution < -0.4 is 11.2 Å². The second-order valence-electron chi connectivity index (χ2n) is 5.13. The quantitative estimate of drug-likeness (QED) is 0.692. The van der Waals surface area contributed by atoms with Crippen molar-refractivity contribution < 1.29 is 0 Å². The van der Waals surface area contributed by atoms with Crippen molar-refractivity contribution in [2.45, 2.75) is 31.2 Å². The van der Waals surface area contributed by atoms with E-state index in [-0.39, 0.29) is 5.54 Å². The smallest absolute Gasteiger partial charge is 0.0586 e. The van der Waals surface area contributed by atoms with Crippen LogP contribution in [0.5, 0.6) is 0 Å². The van der Waals surface area contributed by atoms with Gasteiger partial charge in [0, 0.05) is 26.2 Å². The van der Waals surface area contributed by atoms with E-state index in [0.29, 0.717) is 0 Å². The summed E-state index contributed by atoms with van der Waals surface area (Å²) in [5.74, 6) is 0. The minimum Gasteiger partial charge on any atom is -0.329 e. The van der Waals surface area contributed by atoms with Crippen molar-refractivity contribution in [2.24, 2.45) is 5.73 Å². The Morgan fingerprint density at radius 2 is 1.93 bits per heavy atom. The molecular weight excluding hydrogens is 188 g/mol. The van der Waals surface area contributed by atoms with Gasteiger partial charge < -0.3 is 10.6 Å². The number of likely N-dealkylation sites (tertiary alicyclic amines) is 1. The van der Waals surface area contributed by atoms with Crippen LogP contribution in [0, 0.1) is 0 Å².